The summed E-state index contributed by atoms with van der Waals surface area (Å²) in [4.78, 5) is 7.75. The van der Waals surface area contributed by atoms with Crippen molar-refractivity contribution in [3.63, 3.8) is 0 Å². The van der Waals surface area contributed by atoms with Crippen LogP contribution in [0.2, 0.25) is 0 Å². The van der Waals surface area contributed by atoms with Gasteiger partial charge in [0.25, 0.3) is 0 Å². The van der Waals surface area contributed by atoms with E-state index in [4.69, 9.17) is 4.98 Å². The van der Waals surface area contributed by atoms with Crippen LogP contribution in [0.25, 0.3) is 16.2 Å². The van der Waals surface area contributed by atoms with Gasteiger partial charge in [-0.05, 0) is 18.1 Å². The van der Waals surface area contributed by atoms with Crippen molar-refractivity contribution < 1.29 is 0 Å². The van der Waals surface area contributed by atoms with E-state index in [1.54, 1.807) is 11.3 Å². The zero-order valence-corrected chi connectivity index (χ0v) is 13.7. The summed E-state index contributed by atoms with van der Waals surface area (Å²) in [5.41, 5.74) is 3.30. The van der Waals surface area contributed by atoms with Gasteiger partial charge in [0, 0.05) is 31.8 Å². The van der Waals surface area contributed by atoms with Gasteiger partial charge in [-0.2, -0.15) is 5.10 Å². The first kappa shape index (κ1) is 14.1. The molecule has 3 aromatic rings. The number of nitrogens with zero attached hydrogens (tertiary/aromatic N) is 4. The van der Waals surface area contributed by atoms with Crippen LogP contribution in [-0.2, 0) is 6.42 Å². The Balaban J connectivity index is 1.88. The number of rotatable bonds is 4. The zero-order chi connectivity index (χ0) is 15.0. The molecular formula is C16H20N4S. The summed E-state index contributed by atoms with van der Waals surface area (Å²) in [6.07, 6.45) is 3.03. The first-order chi connectivity index (χ1) is 10.0. The lowest BCUT2D eigenvalue weighted by molar-refractivity contribution is 0.637. The maximum Gasteiger partial charge on any atom is 0.212 e. The molecule has 0 fully saturated rings. The van der Waals surface area contributed by atoms with E-state index in [0.717, 1.165) is 27.6 Å². The molecule has 0 aliphatic carbocycles. The van der Waals surface area contributed by atoms with Gasteiger partial charge < -0.3 is 4.90 Å². The van der Waals surface area contributed by atoms with Gasteiger partial charge in [0.2, 0.25) is 4.96 Å². The second kappa shape index (κ2) is 5.48. The van der Waals surface area contributed by atoms with Gasteiger partial charge in [-0.3, -0.25) is 0 Å². The lowest BCUT2D eigenvalue weighted by atomic mass is 10.1. The highest BCUT2D eigenvalue weighted by Crippen LogP contribution is 2.25. The predicted octanol–water partition coefficient (Wildman–Crippen LogP) is 3.72. The summed E-state index contributed by atoms with van der Waals surface area (Å²) in [5, 5.41) is 5.76. The first-order valence-corrected chi connectivity index (χ1v) is 7.97. The Morgan fingerprint density at radius 3 is 2.48 bits per heavy atom. The Hall–Kier alpha value is -1.88. The lowest BCUT2D eigenvalue weighted by Gasteiger charge is -2.12. The minimum Gasteiger partial charge on any atom is -0.378 e. The van der Waals surface area contributed by atoms with Crippen molar-refractivity contribution in [2.75, 3.05) is 19.0 Å². The van der Waals surface area contributed by atoms with Crippen LogP contribution in [-0.4, -0.2) is 28.7 Å². The maximum absolute atomic E-state index is 4.69. The fraction of sp³-hybridized carbons (Fsp3) is 0.375. The summed E-state index contributed by atoms with van der Waals surface area (Å²) in [5.74, 6) is 0.624. The molecule has 21 heavy (non-hydrogen) atoms. The lowest BCUT2D eigenvalue weighted by Crippen LogP contribution is -2.07. The van der Waals surface area contributed by atoms with Crippen molar-refractivity contribution >= 4 is 22.0 Å². The van der Waals surface area contributed by atoms with Crippen molar-refractivity contribution in [1.29, 1.82) is 0 Å². The van der Waals surface area contributed by atoms with Crippen molar-refractivity contribution in [1.82, 2.24) is 14.6 Å². The number of anilines is 1. The predicted molar refractivity (Wildman–Crippen MR) is 89.2 cm³/mol. The molecule has 0 amide bonds. The molecular weight excluding hydrogens is 280 g/mol. The van der Waals surface area contributed by atoms with Gasteiger partial charge in [0.1, 0.15) is 5.01 Å². The molecule has 110 valence electrons. The highest BCUT2D eigenvalue weighted by atomic mass is 32.1. The van der Waals surface area contributed by atoms with Crippen LogP contribution in [0.5, 0.6) is 0 Å². The average molecular weight is 300 g/mol. The van der Waals surface area contributed by atoms with E-state index >= 15 is 0 Å². The van der Waals surface area contributed by atoms with E-state index in [1.165, 1.54) is 5.69 Å². The molecule has 4 nitrogen and oxygen atoms in total. The minimum absolute atomic E-state index is 0.624. The smallest absolute Gasteiger partial charge is 0.212 e. The summed E-state index contributed by atoms with van der Waals surface area (Å²) in [6, 6.07) is 8.44. The molecule has 0 spiro atoms. The quantitative estimate of drug-likeness (QED) is 0.736. The van der Waals surface area contributed by atoms with E-state index in [9.17, 15) is 0 Å². The maximum atomic E-state index is 4.69. The van der Waals surface area contributed by atoms with Gasteiger partial charge in [-0.15, -0.1) is 0 Å². The van der Waals surface area contributed by atoms with E-state index in [1.807, 2.05) is 24.8 Å². The first-order valence-electron chi connectivity index (χ1n) is 7.16. The minimum atomic E-state index is 0.624. The highest BCUT2D eigenvalue weighted by molar-refractivity contribution is 7.16. The average Bonchev–Trinajstić information content (AvgIpc) is 2.96. The second-order valence-corrected chi connectivity index (χ2v) is 6.93. The topological polar surface area (TPSA) is 33.4 Å². The van der Waals surface area contributed by atoms with E-state index < -0.39 is 0 Å². The van der Waals surface area contributed by atoms with Crippen molar-refractivity contribution in [3.8, 4) is 11.3 Å². The zero-order valence-electron chi connectivity index (χ0n) is 12.9. The molecule has 1 aromatic carbocycles. The second-order valence-electron chi connectivity index (χ2n) is 5.89. The summed E-state index contributed by atoms with van der Waals surface area (Å²) >= 11 is 1.68. The fourth-order valence-electron chi connectivity index (χ4n) is 2.24. The van der Waals surface area contributed by atoms with Crippen molar-refractivity contribution in [2.24, 2.45) is 5.92 Å². The van der Waals surface area contributed by atoms with Crippen molar-refractivity contribution in [3.05, 3.63) is 35.5 Å². The van der Waals surface area contributed by atoms with E-state index in [0.29, 0.717) is 5.92 Å². The molecule has 0 bridgehead atoms. The number of hydrogen-bond donors (Lipinski definition) is 0. The van der Waals surface area contributed by atoms with Crippen LogP contribution < -0.4 is 4.90 Å². The molecule has 2 heterocycles. The SMILES string of the molecule is CC(C)Cc1nn2cc(-c3ccc(N(C)C)cc3)nc2s1. The van der Waals surface area contributed by atoms with E-state index in [-0.39, 0.29) is 0 Å². The molecule has 3 rings (SSSR count). The molecule has 0 atom stereocenters. The number of fused-ring (bicyclic) bond motifs is 1. The van der Waals surface area contributed by atoms with Crippen LogP contribution >= 0.6 is 11.3 Å². The molecule has 5 heteroatoms. The summed E-state index contributed by atoms with van der Waals surface area (Å²) < 4.78 is 1.90. The van der Waals surface area contributed by atoms with Gasteiger partial charge in [0.05, 0.1) is 11.9 Å². The van der Waals surface area contributed by atoms with Gasteiger partial charge in [-0.1, -0.05) is 37.3 Å². The third-order valence-electron chi connectivity index (χ3n) is 3.35. The van der Waals surface area contributed by atoms with Gasteiger partial charge in [0.15, 0.2) is 0 Å². The Morgan fingerprint density at radius 2 is 1.90 bits per heavy atom. The molecule has 0 saturated heterocycles. The highest BCUT2D eigenvalue weighted by Gasteiger charge is 2.10. The van der Waals surface area contributed by atoms with Crippen LogP contribution in [0, 0.1) is 5.92 Å². The third-order valence-corrected chi connectivity index (χ3v) is 4.29. The van der Waals surface area contributed by atoms with Crippen LogP contribution in [0.1, 0.15) is 18.9 Å². The monoisotopic (exact) mass is 300 g/mol. The van der Waals surface area contributed by atoms with Crippen LogP contribution in [0.4, 0.5) is 5.69 Å². The largest absolute Gasteiger partial charge is 0.378 e. The third kappa shape index (κ3) is 2.93. The Bertz CT molecular complexity index is 706. The number of imidazole rings is 1. The Labute approximate surface area is 129 Å². The normalized spacial score (nSPS) is 11.5. The number of aromatic nitrogens is 3. The molecule has 2 aromatic heterocycles. The van der Waals surface area contributed by atoms with Crippen LogP contribution in [0.3, 0.4) is 0 Å². The number of hydrogen-bond acceptors (Lipinski definition) is 4. The standard InChI is InChI=1S/C16H20N4S/c1-11(2)9-15-18-20-10-14(17-16(20)21-15)12-5-7-13(8-6-12)19(3)4/h5-8,10-11H,9H2,1-4H3. The summed E-state index contributed by atoms with van der Waals surface area (Å²) in [6.45, 7) is 4.42. The number of benzene rings is 1. The van der Waals surface area contributed by atoms with E-state index in [2.05, 4.69) is 48.1 Å². The Morgan fingerprint density at radius 1 is 1.19 bits per heavy atom. The van der Waals surface area contributed by atoms with Gasteiger partial charge in [-0.25, -0.2) is 9.50 Å². The van der Waals surface area contributed by atoms with Gasteiger partial charge >= 0.3 is 0 Å². The Kier molecular flexibility index (Phi) is 3.68. The molecule has 0 N–H and O–H groups in total. The van der Waals surface area contributed by atoms with Crippen molar-refractivity contribution in [2.45, 2.75) is 20.3 Å². The molecule has 0 saturated carbocycles. The molecule has 0 radical (unpaired) electrons. The summed E-state index contributed by atoms with van der Waals surface area (Å²) in [7, 11) is 4.09. The molecule has 0 unspecified atom stereocenters. The molecule has 0 aliphatic heterocycles. The molecule has 0 aliphatic rings. The van der Waals surface area contributed by atoms with Crippen LogP contribution in [0.15, 0.2) is 30.5 Å². The fourth-order valence-corrected chi connectivity index (χ4v) is 3.33.